The Kier molecular flexibility index (Phi) is 7.04. The first-order chi connectivity index (χ1) is 16.8. The molecule has 7 nitrogen and oxygen atoms in total. The van der Waals surface area contributed by atoms with Crippen molar-refractivity contribution in [2.24, 2.45) is 7.05 Å². The second kappa shape index (κ2) is 10.2. The molecule has 0 bridgehead atoms. The summed E-state index contributed by atoms with van der Waals surface area (Å²) in [5.41, 5.74) is 1.19. The summed E-state index contributed by atoms with van der Waals surface area (Å²) in [6.07, 6.45) is 4.32. The van der Waals surface area contributed by atoms with Gasteiger partial charge in [-0.2, -0.15) is 13.9 Å². The van der Waals surface area contributed by atoms with Gasteiger partial charge in [-0.1, -0.05) is 12.1 Å². The first kappa shape index (κ1) is 24.2. The van der Waals surface area contributed by atoms with Crippen molar-refractivity contribution in [3.63, 3.8) is 0 Å². The van der Waals surface area contributed by atoms with Crippen LogP contribution in [-0.4, -0.2) is 39.6 Å². The number of nitrogens with zero attached hydrogens (tertiary/aromatic N) is 3. The molecule has 11 heteroatoms. The number of hydrogen-bond acceptors (Lipinski definition) is 4. The van der Waals surface area contributed by atoms with E-state index >= 15 is 0 Å². The number of halogens is 4. The third kappa shape index (κ3) is 5.13. The molecule has 2 heterocycles. The number of ether oxygens (including phenoxy) is 1. The van der Waals surface area contributed by atoms with E-state index in [2.05, 4.69) is 10.4 Å². The summed E-state index contributed by atoms with van der Waals surface area (Å²) in [4.78, 5) is 27.4. The summed E-state index contributed by atoms with van der Waals surface area (Å²) in [5, 5.41) is 6.79. The van der Waals surface area contributed by atoms with Crippen LogP contribution in [0.1, 0.15) is 45.7 Å². The molecule has 2 amide bonds. The lowest BCUT2D eigenvalue weighted by Crippen LogP contribution is -2.37. The van der Waals surface area contributed by atoms with E-state index < -0.39 is 41.5 Å². The number of anilines is 1. The number of amides is 2. The van der Waals surface area contributed by atoms with Gasteiger partial charge in [0.2, 0.25) is 11.6 Å². The van der Waals surface area contributed by atoms with Gasteiger partial charge in [0.25, 0.3) is 11.8 Å². The zero-order valence-corrected chi connectivity index (χ0v) is 18.8. The summed E-state index contributed by atoms with van der Waals surface area (Å²) in [6.45, 7) is 0.906. The molecule has 0 spiro atoms. The van der Waals surface area contributed by atoms with Crippen LogP contribution in [0, 0.1) is 23.3 Å². The molecule has 1 fully saturated rings. The van der Waals surface area contributed by atoms with Crippen LogP contribution in [-0.2, 0) is 13.7 Å². The van der Waals surface area contributed by atoms with Gasteiger partial charge in [0, 0.05) is 31.8 Å². The molecule has 0 radical (unpaired) electrons. The zero-order chi connectivity index (χ0) is 25.1. The molecule has 1 saturated heterocycles. The van der Waals surface area contributed by atoms with E-state index in [4.69, 9.17) is 4.74 Å². The lowest BCUT2D eigenvalue weighted by molar-refractivity contribution is 0.0714. The van der Waals surface area contributed by atoms with Gasteiger partial charge >= 0.3 is 0 Å². The summed E-state index contributed by atoms with van der Waals surface area (Å²) >= 11 is 0. The Morgan fingerprint density at radius 3 is 2.26 bits per heavy atom. The predicted molar refractivity (Wildman–Crippen MR) is 118 cm³/mol. The van der Waals surface area contributed by atoms with Gasteiger partial charge < -0.3 is 15.0 Å². The third-order valence-corrected chi connectivity index (χ3v) is 5.70. The van der Waals surface area contributed by atoms with Crippen LogP contribution in [0.3, 0.4) is 0 Å². The molecule has 1 aliphatic rings. The Bertz CT molecular complexity index is 1230. The third-order valence-electron chi connectivity index (χ3n) is 5.70. The molecule has 1 aliphatic heterocycles. The van der Waals surface area contributed by atoms with Crippen molar-refractivity contribution >= 4 is 17.5 Å². The van der Waals surface area contributed by atoms with E-state index in [-0.39, 0.29) is 28.9 Å². The van der Waals surface area contributed by atoms with Crippen molar-refractivity contribution in [1.29, 1.82) is 0 Å². The van der Waals surface area contributed by atoms with Crippen LogP contribution in [0.2, 0.25) is 0 Å². The van der Waals surface area contributed by atoms with Crippen molar-refractivity contribution in [2.45, 2.75) is 25.9 Å². The van der Waals surface area contributed by atoms with Crippen molar-refractivity contribution in [1.82, 2.24) is 14.7 Å². The van der Waals surface area contributed by atoms with E-state index in [0.29, 0.717) is 18.7 Å². The fraction of sp³-hybridized carbons (Fsp3) is 0.292. The maximum atomic E-state index is 13.7. The highest BCUT2D eigenvalue weighted by molar-refractivity contribution is 6.08. The molecule has 1 N–H and O–H groups in total. The smallest absolute Gasteiger partial charge is 0.274 e. The van der Waals surface area contributed by atoms with Gasteiger partial charge in [-0.15, -0.1) is 0 Å². The molecule has 0 saturated carbocycles. The summed E-state index contributed by atoms with van der Waals surface area (Å²) in [6, 6.07) is 5.90. The van der Waals surface area contributed by atoms with E-state index in [9.17, 15) is 27.2 Å². The molecular formula is C24H22F4N4O3. The van der Waals surface area contributed by atoms with Crippen molar-refractivity contribution in [2.75, 3.05) is 18.4 Å². The van der Waals surface area contributed by atoms with Crippen LogP contribution in [0.15, 0.2) is 36.5 Å². The molecule has 0 atom stereocenters. The normalized spacial score (nSPS) is 13.6. The van der Waals surface area contributed by atoms with Crippen LogP contribution in [0.5, 0.6) is 5.75 Å². The molecule has 3 aromatic rings. The van der Waals surface area contributed by atoms with E-state index in [1.54, 1.807) is 11.9 Å². The fourth-order valence-corrected chi connectivity index (χ4v) is 3.81. The van der Waals surface area contributed by atoms with Crippen molar-refractivity contribution < 1.29 is 31.9 Å². The lowest BCUT2D eigenvalue weighted by atomic mass is 10.1. The average Bonchev–Trinajstić information content (AvgIpc) is 3.22. The van der Waals surface area contributed by atoms with Gasteiger partial charge in [0.1, 0.15) is 12.3 Å². The lowest BCUT2D eigenvalue weighted by Gasteiger charge is -2.27. The number of likely N-dealkylation sites (tertiary alicyclic amines) is 1. The SMILES string of the molecule is Cn1ncc(NC(=O)c2ccc(COc3c(F)c(F)cc(F)c3F)cc2)c1C(=O)N1CCCCC1. The Labute approximate surface area is 198 Å². The van der Waals surface area contributed by atoms with Crippen LogP contribution < -0.4 is 10.1 Å². The van der Waals surface area contributed by atoms with E-state index in [1.807, 2.05) is 0 Å². The number of hydrogen-bond donors (Lipinski definition) is 1. The second-order valence-electron chi connectivity index (χ2n) is 8.12. The Morgan fingerprint density at radius 1 is 1.00 bits per heavy atom. The number of piperidine rings is 1. The first-order valence-corrected chi connectivity index (χ1v) is 10.9. The average molecular weight is 490 g/mol. The second-order valence-corrected chi connectivity index (χ2v) is 8.12. The van der Waals surface area contributed by atoms with Gasteiger partial charge in [-0.3, -0.25) is 14.3 Å². The molecule has 1 aromatic heterocycles. The zero-order valence-electron chi connectivity index (χ0n) is 18.8. The Hall–Kier alpha value is -3.89. The monoisotopic (exact) mass is 490 g/mol. The quantitative estimate of drug-likeness (QED) is 0.410. The maximum Gasteiger partial charge on any atom is 0.274 e. The summed E-state index contributed by atoms with van der Waals surface area (Å²) in [7, 11) is 1.62. The largest absolute Gasteiger partial charge is 0.483 e. The minimum Gasteiger partial charge on any atom is -0.483 e. The fourth-order valence-electron chi connectivity index (χ4n) is 3.81. The first-order valence-electron chi connectivity index (χ1n) is 10.9. The molecule has 0 aliphatic carbocycles. The number of aromatic nitrogens is 2. The minimum atomic E-state index is -1.63. The van der Waals surface area contributed by atoms with Crippen LogP contribution in [0.4, 0.5) is 23.2 Å². The van der Waals surface area contributed by atoms with Crippen molar-refractivity contribution in [3.05, 3.63) is 76.6 Å². The maximum absolute atomic E-state index is 13.7. The Morgan fingerprint density at radius 2 is 1.63 bits per heavy atom. The molecule has 0 unspecified atom stereocenters. The minimum absolute atomic E-state index is 0.0959. The molecular weight excluding hydrogens is 468 g/mol. The number of carbonyl (C=O) groups excluding carboxylic acids is 2. The highest BCUT2D eigenvalue weighted by Gasteiger charge is 2.25. The molecule has 4 rings (SSSR count). The van der Waals surface area contributed by atoms with Crippen LogP contribution in [0.25, 0.3) is 0 Å². The van der Waals surface area contributed by atoms with Gasteiger partial charge in [0.15, 0.2) is 17.4 Å². The van der Waals surface area contributed by atoms with E-state index in [1.165, 1.54) is 35.1 Å². The van der Waals surface area contributed by atoms with Gasteiger partial charge in [-0.05, 0) is 37.0 Å². The molecule has 35 heavy (non-hydrogen) atoms. The number of rotatable bonds is 6. The number of benzene rings is 2. The molecule has 2 aromatic carbocycles. The summed E-state index contributed by atoms with van der Waals surface area (Å²) in [5.74, 6) is -8.27. The predicted octanol–water partition coefficient (Wildman–Crippen LogP) is 4.43. The topological polar surface area (TPSA) is 76.5 Å². The summed E-state index contributed by atoms with van der Waals surface area (Å²) < 4.78 is 60.5. The van der Waals surface area contributed by atoms with Gasteiger partial charge in [0.05, 0.1) is 11.9 Å². The number of aryl methyl sites for hydroxylation is 1. The van der Waals surface area contributed by atoms with Gasteiger partial charge in [-0.25, -0.2) is 8.78 Å². The highest BCUT2D eigenvalue weighted by Crippen LogP contribution is 2.27. The highest BCUT2D eigenvalue weighted by atomic mass is 19.2. The number of nitrogens with one attached hydrogen (secondary N) is 1. The van der Waals surface area contributed by atoms with E-state index in [0.717, 1.165) is 19.3 Å². The Balaban J connectivity index is 1.43. The number of carbonyl (C=O) groups is 2. The van der Waals surface area contributed by atoms with Crippen LogP contribution >= 0.6 is 0 Å². The standard InChI is InChI=1S/C24H22F4N4O3/c1-31-21(24(34)32-9-3-2-4-10-32)18(12-29-31)30-23(33)15-7-5-14(6-8-15)13-35-22-19(27)16(25)11-17(26)20(22)28/h5-8,11-12H,2-4,9-10,13H2,1H3,(H,30,33). The molecule has 184 valence electrons. The van der Waals surface area contributed by atoms with Crippen molar-refractivity contribution in [3.8, 4) is 5.75 Å².